The van der Waals surface area contributed by atoms with Gasteiger partial charge >= 0.3 is 0 Å². The first-order valence-corrected chi connectivity index (χ1v) is 12.3. The van der Waals surface area contributed by atoms with E-state index in [9.17, 15) is 4.79 Å². The summed E-state index contributed by atoms with van der Waals surface area (Å²) in [6, 6.07) is 10.4. The standard InChI is InChI=1S/C27H34N4O/c1-20-24-18-25(32)31(17-12-21-8-4-2-5-9-21)27(24)29-26(28-20)23-13-15-30(16-14-23)19-22-10-6-3-7-11-22/h2-6,8-9,22-23H,7,10-19H2,1H3/t22-/m1/s1. The number of benzene rings is 1. The van der Waals surface area contributed by atoms with E-state index in [1.807, 2.05) is 17.9 Å². The number of allylic oxidation sites excluding steroid dienone is 2. The number of fused-ring (bicyclic) bond motifs is 1. The zero-order valence-corrected chi connectivity index (χ0v) is 19.2. The zero-order valence-electron chi connectivity index (χ0n) is 19.2. The van der Waals surface area contributed by atoms with Gasteiger partial charge in [-0.25, -0.2) is 9.97 Å². The Morgan fingerprint density at radius 2 is 1.84 bits per heavy atom. The van der Waals surface area contributed by atoms with Crippen molar-refractivity contribution in [2.24, 2.45) is 5.92 Å². The molecule has 5 rings (SSSR count). The fraction of sp³-hybridized carbons (Fsp3) is 0.519. The average Bonchev–Trinajstić information content (AvgIpc) is 3.15. The molecule has 1 aromatic heterocycles. The Labute approximate surface area is 191 Å². The third kappa shape index (κ3) is 4.63. The number of carbonyl (C=O) groups excluding carboxylic acids is 1. The second-order valence-corrected chi connectivity index (χ2v) is 9.65. The molecule has 1 amide bonds. The summed E-state index contributed by atoms with van der Waals surface area (Å²) in [5.74, 6) is 3.18. The van der Waals surface area contributed by atoms with Gasteiger partial charge in [0.2, 0.25) is 5.91 Å². The van der Waals surface area contributed by atoms with Gasteiger partial charge in [0, 0.05) is 30.3 Å². The fourth-order valence-corrected chi connectivity index (χ4v) is 5.46. The Bertz CT molecular complexity index is 979. The van der Waals surface area contributed by atoms with Crippen LogP contribution < -0.4 is 4.90 Å². The van der Waals surface area contributed by atoms with Gasteiger partial charge in [-0.05, 0) is 70.0 Å². The average molecular weight is 431 g/mol. The van der Waals surface area contributed by atoms with E-state index in [-0.39, 0.29) is 5.91 Å². The molecule has 32 heavy (non-hydrogen) atoms. The molecule has 1 aliphatic carbocycles. The Morgan fingerprint density at radius 3 is 2.59 bits per heavy atom. The van der Waals surface area contributed by atoms with Crippen LogP contribution in [0.25, 0.3) is 0 Å². The van der Waals surface area contributed by atoms with Crippen LogP contribution in [-0.4, -0.2) is 47.0 Å². The van der Waals surface area contributed by atoms with Crippen molar-refractivity contribution >= 4 is 11.7 Å². The maximum Gasteiger partial charge on any atom is 0.232 e. The number of hydrogen-bond acceptors (Lipinski definition) is 4. The quantitative estimate of drug-likeness (QED) is 0.635. The van der Waals surface area contributed by atoms with Crippen LogP contribution in [0.3, 0.4) is 0 Å². The predicted molar refractivity (Wildman–Crippen MR) is 128 cm³/mol. The molecular formula is C27H34N4O. The highest BCUT2D eigenvalue weighted by molar-refractivity contribution is 6.00. The van der Waals surface area contributed by atoms with Crippen molar-refractivity contribution in [1.82, 2.24) is 14.9 Å². The molecule has 0 saturated carbocycles. The maximum atomic E-state index is 12.8. The minimum Gasteiger partial charge on any atom is -0.303 e. The number of aryl methyl sites for hydroxylation is 1. The molecule has 0 spiro atoms. The van der Waals surface area contributed by atoms with Gasteiger partial charge in [-0.1, -0.05) is 42.5 Å². The van der Waals surface area contributed by atoms with E-state index >= 15 is 0 Å². The van der Waals surface area contributed by atoms with Crippen LogP contribution in [0.2, 0.25) is 0 Å². The van der Waals surface area contributed by atoms with Crippen LogP contribution in [0.5, 0.6) is 0 Å². The van der Waals surface area contributed by atoms with E-state index < -0.39 is 0 Å². The predicted octanol–water partition coefficient (Wildman–Crippen LogP) is 4.45. The van der Waals surface area contributed by atoms with Crippen LogP contribution in [-0.2, 0) is 17.6 Å². The Hall–Kier alpha value is -2.53. The second-order valence-electron chi connectivity index (χ2n) is 9.65. The lowest BCUT2D eigenvalue weighted by atomic mass is 9.91. The third-order valence-corrected chi connectivity index (χ3v) is 7.41. The largest absolute Gasteiger partial charge is 0.303 e. The molecule has 1 aromatic carbocycles. The van der Waals surface area contributed by atoms with E-state index in [1.54, 1.807) is 0 Å². The lowest BCUT2D eigenvalue weighted by molar-refractivity contribution is -0.117. The van der Waals surface area contributed by atoms with Crippen molar-refractivity contribution in [2.75, 3.05) is 31.1 Å². The molecule has 0 unspecified atom stereocenters. The maximum absolute atomic E-state index is 12.8. The van der Waals surface area contributed by atoms with Crippen LogP contribution in [0, 0.1) is 12.8 Å². The lowest BCUT2D eigenvalue weighted by Gasteiger charge is -2.34. The van der Waals surface area contributed by atoms with Gasteiger partial charge < -0.3 is 4.90 Å². The number of rotatable bonds is 6. The first kappa shape index (κ1) is 21.3. The molecule has 1 fully saturated rings. The minimum absolute atomic E-state index is 0.154. The number of amides is 1. The molecule has 3 heterocycles. The number of likely N-dealkylation sites (tertiary alicyclic amines) is 1. The molecule has 2 aromatic rings. The smallest absolute Gasteiger partial charge is 0.232 e. The van der Waals surface area contributed by atoms with Gasteiger partial charge in [-0.15, -0.1) is 0 Å². The minimum atomic E-state index is 0.154. The fourth-order valence-electron chi connectivity index (χ4n) is 5.46. The number of hydrogen-bond donors (Lipinski definition) is 0. The SMILES string of the molecule is Cc1nc(C2CCN(C[C@@H]3CC=CCC3)CC2)nc2c1CC(=O)N2CCc1ccccc1. The van der Waals surface area contributed by atoms with Gasteiger partial charge in [-0.3, -0.25) is 9.69 Å². The number of aromatic nitrogens is 2. The number of anilines is 1. The molecule has 1 saturated heterocycles. The van der Waals surface area contributed by atoms with E-state index in [0.717, 1.165) is 61.2 Å². The highest BCUT2D eigenvalue weighted by Gasteiger charge is 2.33. The van der Waals surface area contributed by atoms with Crippen molar-refractivity contribution in [1.29, 1.82) is 0 Å². The van der Waals surface area contributed by atoms with Crippen molar-refractivity contribution in [3.63, 3.8) is 0 Å². The molecule has 1 atom stereocenters. The second kappa shape index (κ2) is 9.53. The van der Waals surface area contributed by atoms with Crippen LogP contribution >= 0.6 is 0 Å². The van der Waals surface area contributed by atoms with Crippen molar-refractivity contribution < 1.29 is 4.79 Å². The van der Waals surface area contributed by atoms with E-state index in [1.165, 1.54) is 31.4 Å². The number of carbonyl (C=O) groups is 1. The molecule has 5 nitrogen and oxygen atoms in total. The molecule has 0 N–H and O–H groups in total. The van der Waals surface area contributed by atoms with Gasteiger partial charge in [0.25, 0.3) is 0 Å². The van der Waals surface area contributed by atoms with E-state index in [4.69, 9.17) is 9.97 Å². The highest BCUT2D eigenvalue weighted by Crippen LogP contribution is 2.33. The van der Waals surface area contributed by atoms with Crippen LogP contribution in [0.4, 0.5) is 5.82 Å². The van der Waals surface area contributed by atoms with Gasteiger partial charge in [0.15, 0.2) is 0 Å². The van der Waals surface area contributed by atoms with Crippen molar-refractivity contribution in [3.05, 3.63) is 65.1 Å². The van der Waals surface area contributed by atoms with E-state index in [2.05, 4.69) is 41.3 Å². The summed E-state index contributed by atoms with van der Waals surface area (Å²) in [6.07, 6.45) is 12.0. The normalized spacial score (nSPS) is 21.8. The Morgan fingerprint density at radius 1 is 1.03 bits per heavy atom. The zero-order chi connectivity index (χ0) is 21.9. The van der Waals surface area contributed by atoms with Crippen LogP contribution in [0.1, 0.15) is 60.7 Å². The Balaban J connectivity index is 1.25. The summed E-state index contributed by atoms with van der Waals surface area (Å²) in [7, 11) is 0. The highest BCUT2D eigenvalue weighted by atomic mass is 16.2. The van der Waals surface area contributed by atoms with Crippen molar-refractivity contribution in [3.8, 4) is 0 Å². The molecule has 2 aliphatic heterocycles. The summed E-state index contributed by atoms with van der Waals surface area (Å²) in [5.41, 5.74) is 3.26. The lowest BCUT2D eigenvalue weighted by Crippen LogP contribution is -2.37. The molecule has 168 valence electrons. The first-order valence-electron chi connectivity index (χ1n) is 12.3. The monoisotopic (exact) mass is 430 g/mol. The summed E-state index contributed by atoms with van der Waals surface area (Å²) in [5, 5.41) is 0. The topological polar surface area (TPSA) is 49.3 Å². The molecule has 0 radical (unpaired) electrons. The molecule has 3 aliphatic rings. The first-order chi connectivity index (χ1) is 15.7. The van der Waals surface area contributed by atoms with Gasteiger partial charge in [0.1, 0.15) is 11.6 Å². The third-order valence-electron chi connectivity index (χ3n) is 7.41. The number of piperidine rings is 1. The molecule has 0 bridgehead atoms. The van der Waals surface area contributed by atoms with Gasteiger partial charge in [-0.2, -0.15) is 0 Å². The van der Waals surface area contributed by atoms with Gasteiger partial charge in [0.05, 0.1) is 6.42 Å². The summed E-state index contributed by atoms with van der Waals surface area (Å²) >= 11 is 0. The summed E-state index contributed by atoms with van der Waals surface area (Å²) in [6.45, 7) is 6.20. The Kier molecular flexibility index (Phi) is 6.35. The van der Waals surface area contributed by atoms with Crippen LogP contribution in [0.15, 0.2) is 42.5 Å². The van der Waals surface area contributed by atoms with Crippen molar-refractivity contribution in [2.45, 2.75) is 57.8 Å². The number of nitrogens with zero attached hydrogens (tertiary/aromatic N) is 4. The molecular weight excluding hydrogens is 396 g/mol. The summed E-state index contributed by atoms with van der Waals surface area (Å²) < 4.78 is 0. The molecule has 5 heteroatoms. The van der Waals surface area contributed by atoms with E-state index in [0.29, 0.717) is 18.9 Å². The summed E-state index contributed by atoms with van der Waals surface area (Å²) in [4.78, 5) is 27.2.